The van der Waals surface area contributed by atoms with E-state index >= 15 is 0 Å². The molecule has 2 saturated heterocycles. The number of halogens is 1. The van der Waals surface area contributed by atoms with E-state index in [0.29, 0.717) is 10.9 Å². The third kappa shape index (κ3) is 5.73. The maximum atomic E-state index is 14.7. The maximum Gasteiger partial charge on any atom is 0.306 e. The van der Waals surface area contributed by atoms with Gasteiger partial charge in [-0.25, -0.2) is 0 Å². The molecule has 4 aliphatic rings. The summed E-state index contributed by atoms with van der Waals surface area (Å²) < 4.78 is 12.7. The number of aliphatic hydroxyl groups is 1. The van der Waals surface area contributed by atoms with Crippen LogP contribution in [0.15, 0.2) is 83.4 Å². The number of benzene rings is 2. The summed E-state index contributed by atoms with van der Waals surface area (Å²) in [6.45, 7) is 1.70. The number of hydrogen-bond acceptors (Lipinski definition) is 7. The Kier molecular flexibility index (Phi) is 8.94. The van der Waals surface area contributed by atoms with Gasteiger partial charge in [0, 0.05) is 24.0 Å². The third-order valence-electron chi connectivity index (χ3n) is 9.10. The number of fused-ring (bicyclic) bond motifs is 2. The lowest BCUT2D eigenvalue weighted by atomic mass is 9.74. The molecule has 0 aromatic heterocycles. The zero-order valence-corrected chi connectivity index (χ0v) is 26.5. The fourth-order valence-electron chi connectivity index (χ4n) is 6.95. The Bertz CT molecular complexity index is 1520. The Balaban J connectivity index is 1.43. The Morgan fingerprint density at radius 2 is 1.73 bits per heavy atom. The minimum Gasteiger partial charge on any atom is -0.463 e. The number of allylic oxidation sites excluding steroid dienone is 1. The summed E-state index contributed by atoms with van der Waals surface area (Å²) in [6.07, 6.45) is 5.17. The molecule has 11 heteroatoms. The van der Waals surface area contributed by atoms with Crippen LogP contribution >= 0.6 is 15.9 Å². The summed E-state index contributed by atoms with van der Waals surface area (Å²) in [5.74, 6) is -3.62. The monoisotopic (exact) mass is 677 g/mol. The van der Waals surface area contributed by atoms with Crippen molar-refractivity contribution in [1.29, 1.82) is 0 Å². The Labute approximate surface area is 270 Å². The van der Waals surface area contributed by atoms with Gasteiger partial charge in [-0.05, 0) is 30.5 Å². The van der Waals surface area contributed by atoms with Gasteiger partial charge in [-0.3, -0.25) is 19.2 Å². The fourth-order valence-corrected chi connectivity index (χ4v) is 7.69. The summed E-state index contributed by atoms with van der Waals surface area (Å²) in [6, 6.07) is 16.2. The van der Waals surface area contributed by atoms with Gasteiger partial charge in [-0.1, -0.05) is 88.7 Å². The van der Waals surface area contributed by atoms with Crippen molar-refractivity contribution in [2.45, 2.75) is 56.1 Å². The number of amides is 3. The molecule has 1 spiro atoms. The molecule has 6 rings (SSSR count). The number of cyclic esters (lactones) is 1. The van der Waals surface area contributed by atoms with E-state index in [1.54, 1.807) is 17.9 Å². The van der Waals surface area contributed by atoms with E-state index in [0.717, 1.165) is 11.1 Å². The molecule has 0 aliphatic carbocycles. The molecule has 4 aliphatic heterocycles. The van der Waals surface area contributed by atoms with Crippen molar-refractivity contribution in [3.63, 3.8) is 0 Å². The van der Waals surface area contributed by atoms with Crippen molar-refractivity contribution in [2.75, 3.05) is 19.8 Å². The van der Waals surface area contributed by atoms with Gasteiger partial charge in [-0.15, -0.1) is 0 Å². The third-order valence-corrected chi connectivity index (χ3v) is 9.78. The van der Waals surface area contributed by atoms with Gasteiger partial charge >= 0.3 is 5.97 Å². The maximum absolute atomic E-state index is 14.7. The second-order valence-corrected chi connectivity index (χ2v) is 12.9. The van der Waals surface area contributed by atoms with E-state index in [4.69, 9.17) is 9.47 Å². The molecule has 236 valence electrons. The van der Waals surface area contributed by atoms with Crippen LogP contribution in [0.5, 0.6) is 0 Å². The van der Waals surface area contributed by atoms with Crippen molar-refractivity contribution in [2.24, 2.45) is 11.8 Å². The van der Waals surface area contributed by atoms with Gasteiger partial charge in [0.1, 0.15) is 24.4 Å². The SMILES string of the molecule is C[C@H](CO)N1C(=O)[C@H]2[C@@H]3C(=O)N[C@H](c4ccccc4)COC(=O)CC/C=C\CN(Cc4ccccc4)C(=O)[C@H]1[C@@]21C=C(Br)[C@@H]3O1. The molecular formula is C34H36BrN3O7. The summed E-state index contributed by atoms with van der Waals surface area (Å²) >= 11 is 3.58. The molecule has 45 heavy (non-hydrogen) atoms. The number of nitrogens with one attached hydrogen (secondary N) is 1. The van der Waals surface area contributed by atoms with Crippen LogP contribution in [0.1, 0.15) is 36.9 Å². The lowest BCUT2D eigenvalue weighted by Crippen LogP contribution is -2.57. The number of rotatable bonds is 5. The molecule has 2 fully saturated rings. The number of carbonyl (C=O) groups is 4. The van der Waals surface area contributed by atoms with Gasteiger partial charge in [0.2, 0.25) is 17.7 Å². The fraction of sp³-hybridized carbons (Fsp3) is 0.412. The molecule has 10 nitrogen and oxygen atoms in total. The Hall–Kier alpha value is -3.80. The van der Waals surface area contributed by atoms with E-state index in [2.05, 4.69) is 21.2 Å². The van der Waals surface area contributed by atoms with Crippen molar-refractivity contribution < 1.29 is 33.8 Å². The normalized spacial score (nSPS) is 31.7. The average Bonchev–Trinajstić information content (AvgIpc) is 3.65. The first-order chi connectivity index (χ1) is 21.7. The Morgan fingerprint density at radius 1 is 1.02 bits per heavy atom. The number of carbonyl (C=O) groups excluding carboxylic acids is 4. The molecule has 7 atom stereocenters. The molecule has 0 unspecified atom stereocenters. The highest BCUT2D eigenvalue weighted by Crippen LogP contribution is 2.59. The van der Waals surface area contributed by atoms with Crippen LogP contribution < -0.4 is 5.32 Å². The predicted octanol–water partition coefficient (Wildman–Crippen LogP) is 3.02. The summed E-state index contributed by atoms with van der Waals surface area (Å²) in [5, 5.41) is 13.3. The van der Waals surface area contributed by atoms with Crippen LogP contribution in [0, 0.1) is 11.8 Å². The van der Waals surface area contributed by atoms with E-state index < -0.39 is 59.5 Å². The van der Waals surface area contributed by atoms with Gasteiger partial charge in [0.05, 0.1) is 30.5 Å². The number of hydrogen-bond donors (Lipinski definition) is 2. The van der Waals surface area contributed by atoms with Gasteiger partial charge in [-0.2, -0.15) is 0 Å². The smallest absolute Gasteiger partial charge is 0.306 e. The van der Waals surface area contributed by atoms with Gasteiger partial charge in [0.25, 0.3) is 0 Å². The van der Waals surface area contributed by atoms with Crippen LogP contribution in [0.25, 0.3) is 0 Å². The highest BCUT2D eigenvalue weighted by molar-refractivity contribution is 9.11. The summed E-state index contributed by atoms with van der Waals surface area (Å²) in [5.41, 5.74) is 0.207. The van der Waals surface area contributed by atoms with E-state index in [1.165, 1.54) is 4.90 Å². The first kappa shape index (κ1) is 31.2. The minimum absolute atomic E-state index is 0.0864. The molecule has 5 bridgehead atoms. The van der Waals surface area contributed by atoms with Crippen LogP contribution in [-0.2, 0) is 35.2 Å². The lowest BCUT2D eigenvalue weighted by molar-refractivity contribution is -0.150. The molecule has 4 heterocycles. The van der Waals surface area contributed by atoms with E-state index in [-0.39, 0.29) is 38.6 Å². The standard InChI is InChI=1S/C34H36BrN3O7/c1-21(19-39)38-30-33(43)37(18-22-11-5-2-6-12-22)16-10-4-9-15-26(40)44-20-25(23-13-7-3-8-14-23)36-31(41)27-28(32(38)42)34(30)17-24(35)29(27)45-34/h2-8,10-14,17,21,25,27-30,39H,9,15-16,18-20H2,1H3,(H,36,41)/b10-4-/t21-,25+,27+,28-,29+,30+,34-/m1/s1. The zero-order valence-electron chi connectivity index (χ0n) is 24.9. The first-order valence-electron chi connectivity index (χ1n) is 15.2. The summed E-state index contributed by atoms with van der Waals surface area (Å²) in [7, 11) is 0. The predicted molar refractivity (Wildman–Crippen MR) is 167 cm³/mol. The van der Waals surface area contributed by atoms with Crippen LogP contribution in [0.4, 0.5) is 0 Å². The number of ether oxygens (including phenoxy) is 2. The summed E-state index contributed by atoms with van der Waals surface area (Å²) in [4.78, 5) is 58.9. The van der Waals surface area contributed by atoms with Crippen LogP contribution in [0.3, 0.4) is 0 Å². The molecule has 2 N–H and O–H groups in total. The van der Waals surface area contributed by atoms with Crippen LogP contribution in [0.2, 0.25) is 0 Å². The quantitative estimate of drug-likeness (QED) is 0.368. The van der Waals surface area contributed by atoms with Crippen molar-refractivity contribution in [3.05, 3.63) is 94.5 Å². The second kappa shape index (κ2) is 12.9. The average molecular weight is 679 g/mol. The molecule has 2 aromatic rings. The highest BCUT2D eigenvalue weighted by Gasteiger charge is 2.75. The van der Waals surface area contributed by atoms with Gasteiger partial charge in [0.15, 0.2) is 0 Å². The molecule has 3 amide bonds. The van der Waals surface area contributed by atoms with Gasteiger partial charge < -0.3 is 29.7 Å². The Morgan fingerprint density at radius 3 is 2.44 bits per heavy atom. The van der Waals surface area contributed by atoms with Crippen molar-refractivity contribution in [3.8, 4) is 0 Å². The van der Waals surface area contributed by atoms with Crippen molar-refractivity contribution in [1.82, 2.24) is 15.1 Å². The second-order valence-electron chi connectivity index (χ2n) is 12.0. The number of aliphatic hydroxyl groups excluding tert-OH is 1. The molecular weight excluding hydrogens is 642 g/mol. The first-order valence-corrected chi connectivity index (χ1v) is 16.0. The topological polar surface area (TPSA) is 125 Å². The van der Waals surface area contributed by atoms with E-state index in [9.17, 15) is 24.3 Å². The molecule has 0 radical (unpaired) electrons. The van der Waals surface area contributed by atoms with E-state index in [1.807, 2.05) is 72.8 Å². The minimum atomic E-state index is -1.43. The number of nitrogens with zero attached hydrogens (tertiary/aromatic N) is 2. The molecule has 2 aromatic carbocycles. The van der Waals surface area contributed by atoms with Crippen molar-refractivity contribution >= 4 is 39.6 Å². The molecule has 0 saturated carbocycles. The number of esters is 1. The highest BCUT2D eigenvalue weighted by atomic mass is 79.9. The number of likely N-dealkylation sites (tertiary alicyclic amines) is 1. The van der Waals surface area contributed by atoms with Crippen LogP contribution in [-0.4, -0.2) is 82.1 Å². The lowest BCUT2D eigenvalue weighted by Gasteiger charge is -2.37. The zero-order chi connectivity index (χ0) is 31.7. The largest absolute Gasteiger partial charge is 0.463 e.